The Morgan fingerprint density at radius 3 is 2.68 bits per heavy atom. The maximum Gasteiger partial charge on any atom is 0.251 e. The molecule has 0 saturated carbocycles. The number of hydrogen-bond donors (Lipinski definition) is 2. The first kappa shape index (κ1) is 13.9. The molecule has 0 unspecified atom stereocenters. The van der Waals surface area contributed by atoms with Gasteiger partial charge >= 0.3 is 0 Å². The Morgan fingerprint density at radius 1 is 1.32 bits per heavy atom. The summed E-state index contributed by atoms with van der Waals surface area (Å²) in [7, 11) is 0. The SMILES string of the molecule is Cc1cc(C)c(C(=O)NCC2CCOCC2)cc1N. The van der Waals surface area contributed by atoms with Crippen LogP contribution < -0.4 is 11.1 Å². The molecule has 1 aromatic rings. The summed E-state index contributed by atoms with van der Waals surface area (Å²) in [5, 5.41) is 3.01. The van der Waals surface area contributed by atoms with Crippen molar-refractivity contribution in [3.8, 4) is 0 Å². The number of nitrogen functional groups attached to an aromatic ring is 1. The van der Waals surface area contributed by atoms with Crippen LogP contribution >= 0.6 is 0 Å². The molecule has 0 radical (unpaired) electrons. The van der Waals surface area contributed by atoms with Crippen LogP contribution in [0.15, 0.2) is 12.1 Å². The summed E-state index contributed by atoms with van der Waals surface area (Å²) in [6, 6.07) is 3.72. The van der Waals surface area contributed by atoms with Gasteiger partial charge < -0.3 is 15.8 Å². The third kappa shape index (κ3) is 3.47. The molecule has 1 aromatic carbocycles. The van der Waals surface area contributed by atoms with Crippen molar-refractivity contribution in [1.82, 2.24) is 5.32 Å². The molecule has 104 valence electrons. The molecule has 0 aliphatic carbocycles. The van der Waals surface area contributed by atoms with Crippen LogP contribution in [0.25, 0.3) is 0 Å². The Morgan fingerprint density at radius 2 is 2.00 bits per heavy atom. The lowest BCUT2D eigenvalue weighted by Crippen LogP contribution is -2.32. The Hall–Kier alpha value is -1.55. The number of anilines is 1. The number of rotatable bonds is 3. The van der Waals surface area contributed by atoms with Gasteiger partial charge in [0.2, 0.25) is 0 Å². The molecule has 19 heavy (non-hydrogen) atoms. The van der Waals surface area contributed by atoms with Crippen LogP contribution in [0.3, 0.4) is 0 Å². The lowest BCUT2D eigenvalue weighted by atomic mass is 9.99. The molecular weight excluding hydrogens is 240 g/mol. The van der Waals surface area contributed by atoms with E-state index < -0.39 is 0 Å². The lowest BCUT2D eigenvalue weighted by Gasteiger charge is -2.22. The molecule has 4 nitrogen and oxygen atoms in total. The van der Waals surface area contributed by atoms with Gasteiger partial charge in [-0.2, -0.15) is 0 Å². The topological polar surface area (TPSA) is 64.3 Å². The molecule has 0 aromatic heterocycles. The molecule has 2 rings (SSSR count). The first-order valence-electron chi connectivity index (χ1n) is 6.80. The third-order valence-electron chi connectivity index (χ3n) is 3.75. The fraction of sp³-hybridized carbons (Fsp3) is 0.533. The quantitative estimate of drug-likeness (QED) is 0.819. The molecule has 1 aliphatic rings. The van der Waals surface area contributed by atoms with Crippen molar-refractivity contribution in [1.29, 1.82) is 0 Å². The minimum atomic E-state index is -0.0318. The van der Waals surface area contributed by atoms with Crippen molar-refractivity contribution >= 4 is 11.6 Å². The minimum absolute atomic E-state index is 0.0318. The van der Waals surface area contributed by atoms with Gasteiger partial charge in [0, 0.05) is 31.0 Å². The lowest BCUT2D eigenvalue weighted by molar-refractivity contribution is 0.0642. The van der Waals surface area contributed by atoms with E-state index in [9.17, 15) is 4.79 Å². The van der Waals surface area contributed by atoms with E-state index in [1.165, 1.54) is 0 Å². The summed E-state index contributed by atoms with van der Waals surface area (Å²) in [6.45, 7) is 6.21. The molecular formula is C15H22N2O2. The zero-order chi connectivity index (χ0) is 13.8. The van der Waals surface area contributed by atoms with Gasteiger partial charge in [-0.05, 0) is 49.8 Å². The van der Waals surface area contributed by atoms with Gasteiger partial charge in [-0.1, -0.05) is 6.07 Å². The molecule has 1 aliphatic heterocycles. The van der Waals surface area contributed by atoms with E-state index in [0.29, 0.717) is 17.2 Å². The maximum atomic E-state index is 12.2. The average Bonchev–Trinajstić information content (AvgIpc) is 2.41. The second kappa shape index (κ2) is 6.06. The second-order valence-corrected chi connectivity index (χ2v) is 5.29. The summed E-state index contributed by atoms with van der Waals surface area (Å²) in [5.74, 6) is 0.497. The first-order chi connectivity index (χ1) is 9.08. The highest BCUT2D eigenvalue weighted by molar-refractivity contribution is 5.96. The highest BCUT2D eigenvalue weighted by Gasteiger charge is 2.16. The zero-order valence-corrected chi connectivity index (χ0v) is 11.7. The Bertz CT molecular complexity index is 465. The predicted molar refractivity (Wildman–Crippen MR) is 76.2 cm³/mol. The smallest absolute Gasteiger partial charge is 0.251 e. The molecule has 1 saturated heterocycles. The largest absolute Gasteiger partial charge is 0.398 e. The number of hydrogen-bond acceptors (Lipinski definition) is 3. The summed E-state index contributed by atoms with van der Waals surface area (Å²) in [5.41, 5.74) is 9.20. The normalized spacial score (nSPS) is 16.3. The highest BCUT2D eigenvalue weighted by atomic mass is 16.5. The number of ether oxygens (including phenoxy) is 1. The molecule has 1 amide bonds. The van der Waals surface area contributed by atoms with Crippen molar-refractivity contribution in [3.05, 3.63) is 28.8 Å². The number of amides is 1. The van der Waals surface area contributed by atoms with Crippen molar-refractivity contribution in [2.75, 3.05) is 25.5 Å². The number of nitrogens with two attached hydrogens (primary N) is 1. The van der Waals surface area contributed by atoms with Crippen molar-refractivity contribution in [2.24, 2.45) is 5.92 Å². The Balaban J connectivity index is 1.97. The van der Waals surface area contributed by atoms with Crippen LogP contribution in [0.5, 0.6) is 0 Å². The van der Waals surface area contributed by atoms with E-state index in [4.69, 9.17) is 10.5 Å². The third-order valence-corrected chi connectivity index (χ3v) is 3.75. The van der Waals surface area contributed by atoms with Crippen LogP contribution in [-0.2, 0) is 4.74 Å². The molecule has 0 spiro atoms. The Labute approximate surface area is 114 Å². The number of carbonyl (C=O) groups excluding carboxylic acids is 1. The van der Waals surface area contributed by atoms with Crippen LogP contribution in [-0.4, -0.2) is 25.7 Å². The van der Waals surface area contributed by atoms with Crippen molar-refractivity contribution < 1.29 is 9.53 Å². The predicted octanol–water partition coefficient (Wildman–Crippen LogP) is 2.04. The van der Waals surface area contributed by atoms with Crippen LogP contribution in [0.4, 0.5) is 5.69 Å². The summed E-state index contributed by atoms with van der Waals surface area (Å²) in [6.07, 6.45) is 2.05. The summed E-state index contributed by atoms with van der Waals surface area (Å²) < 4.78 is 5.31. The molecule has 1 heterocycles. The Kier molecular flexibility index (Phi) is 4.43. The van der Waals surface area contributed by atoms with E-state index in [-0.39, 0.29) is 5.91 Å². The zero-order valence-electron chi connectivity index (χ0n) is 11.7. The van der Waals surface area contributed by atoms with Gasteiger partial charge in [0.1, 0.15) is 0 Å². The van der Waals surface area contributed by atoms with Crippen LogP contribution in [0.2, 0.25) is 0 Å². The molecule has 3 N–H and O–H groups in total. The van der Waals surface area contributed by atoms with Gasteiger partial charge in [0.25, 0.3) is 5.91 Å². The molecule has 1 fully saturated rings. The fourth-order valence-electron chi connectivity index (χ4n) is 2.40. The standard InChI is InChI=1S/C15H22N2O2/c1-10-7-11(2)14(16)8-13(10)15(18)17-9-12-3-5-19-6-4-12/h7-8,12H,3-6,9,16H2,1-2H3,(H,17,18). The number of carbonyl (C=O) groups is 1. The number of aryl methyl sites for hydroxylation is 2. The highest BCUT2D eigenvalue weighted by Crippen LogP contribution is 2.18. The summed E-state index contributed by atoms with van der Waals surface area (Å²) in [4.78, 5) is 12.2. The second-order valence-electron chi connectivity index (χ2n) is 5.29. The minimum Gasteiger partial charge on any atom is -0.398 e. The number of benzene rings is 1. The summed E-state index contributed by atoms with van der Waals surface area (Å²) >= 11 is 0. The maximum absolute atomic E-state index is 12.2. The van der Waals surface area contributed by atoms with Crippen LogP contribution in [0, 0.1) is 19.8 Å². The van der Waals surface area contributed by atoms with E-state index in [2.05, 4.69) is 5.32 Å². The molecule has 0 atom stereocenters. The molecule has 0 bridgehead atoms. The van der Waals surface area contributed by atoms with E-state index in [1.54, 1.807) is 6.07 Å². The van der Waals surface area contributed by atoms with Gasteiger partial charge in [0.15, 0.2) is 0 Å². The first-order valence-corrected chi connectivity index (χ1v) is 6.80. The molecule has 4 heteroatoms. The number of nitrogens with one attached hydrogen (secondary N) is 1. The van der Waals surface area contributed by atoms with E-state index in [1.807, 2.05) is 19.9 Å². The monoisotopic (exact) mass is 262 g/mol. The van der Waals surface area contributed by atoms with Crippen LogP contribution in [0.1, 0.15) is 34.3 Å². The van der Waals surface area contributed by atoms with Crippen molar-refractivity contribution in [3.63, 3.8) is 0 Å². The van der Waals surface area contributed by atoms with Gasteiger partial charge in [0.05, 0.1) is 0 Å². The van der Waals surface area contributed by atoms with Gasteiger partial charge in [-0.3, -0.25) is 4.79 Å². The van der Waals surface area contributed by atoms with E-state index >= 15 is 0 Å². The van der Waals surface area contributed by atoms with Crippen molar-refractivity contribution in [2.45, 2.75) is 26.7 Å². The van der Waals surface area contributed by atoms with Gasteiger partial charge in [-0.15, -0.1) is 0 Å². The average molecular weight is 262 g/mol. The van der Waals surface area contributed by atoms with E-state index in [0.717, 1.165) is 43.7 Å². The fourth-order valence-corrected chi connectivity index (χ4v) is 2.40. The van der Waals surface area contributed by atoms with Gasteiger partial charge in [-0.25, -0.2) is 0 Å².